The zero-order valence-corrected chi connectivity index (χ0v) is 11.3. The second-order valence-electron chi connectivity index (χ2n) is 4.52. The first-order valence-electron chi connectivity index (χ1n) is 6.64. The van der Waals surface area contributed by atoms with Gasteiger partial charge in [-0.2, -0.15) is 0 Å². The molecule has 19 heavy (non-hydrogen) atoms. The zero-order chi connectivity index (χ0) is 13.5. The van der Waals surface area contributed by atoms with Crippen molar-refractivity contribution in [1.82, 2.24) is 9.97 Å². The summed E-state index contributed by atoms with van der Waals surface area (Å²) in [6, 6.07) is 10.3. The van der Waals surface area contributed by atoms with Gasteiger partial charge in [-0.1, -0.05) is 37.6 Å². The van der Waals surface area contributed by atoms with Crippen LogP contribution in [0.1, 0.15) is 30.2 Å². The highest BCUT2D eigenvalue weighted by Gasteiger charge is 1.99. The lowest BCUT2D eigenvalue weighted by atomic mass is 10.1. The van der Waals surface area contributed by atoms with Crippen LogP contribution in [-0.2, 0) is 19.5 Å². The molecule has 1 heterocycles. The number of benzene rings is 1. The topological polar surface area (TPSA) is 63.8 Å². The minimum Gasteiger partial charge on any atom is -0.366 e. The summed E-state index contributed by atoms with van der Waals surface area (Å²) in [5.74, 6) is 0.876. The van der Waals surface area contributed by atoms with Gasteiger partial charge in [-0.25, -0.2) is 9.97 Å². The van der Waals surface area contributed by atoms with E-state index in [1.807, 2.05) is 6.07 Å². The number of anilines is 1. The van der Waals surface area contributed by atoms with Crippen molar-refractivity contribution in [3.63, 3.8) is 0 Å². The van der Waals surface area contributed by atoms with Crippen molar-refractivity contribution < 1.29 is 0 Å². The highest BCUT2D eigenvalue weighted by Crippen LogP contribution is 2.09. The standard InChI is InChI=1S/C15H20N4/c1-2-3-14-8-15(19-11-18-14)17-10-13-6-4-12(9-16)5-7-13/h4-8,11H,2-3,9-10,16H2,1H3,(H,17,18,19). The van der Waals surface area contributed by atoms with Gasteiger partial charge in [0.05, 0.1) is 0 Å². The second-order valence-corrected chi connectivity index (χ2v) is 4.52. The Morgan fingerprint density at radius 1 is 1.11 bits per heavy atom. The zero-order valence-electron chi connectivity index (χ0n) is 11.3. The fourth-order valence-electron chi connectivity index (χ4n) is 1.87. The van der Waals surface area contributed by atoms with Gasteiger partial charge in [0.15, 0.2) is 0 Å². The van der Waals surface area contributed by atoms with Crippen molar-refractivity contribution in [1.29, 1.82) is 0 Å². The molecule has 0 aliphatic heterocycles. The minimum absolute atomic E-state index is 0.583. The summed E-state index contributed by atoms with van der Waals surface area (Å²) in [4.78, 5) is 8.47. The largest absolute Gasteiger partial charge is 0.366 e. The molecule has 100 valence electrons. The Morgan fingerprint density at radius 3 is 2.53 bits per heavy atom. The maximum absolute atomic E-state index is 5.58. The fraction of sp³-hybridized carbons (Fsp3) is 0.333. The molecular weight excluding hydrogens is 236 g/mol. The van der Waals surface area contributed by atoms with E-state index in [-0.39, 0.29) is 0 Å². The highest BCUT2D eigenvalue weighted by molar-refractivity contribution is 5.36. The molecule has 4 heteroatoms. The number of hydrogen-bond donors (Lipinski definition) is 2. The molecule has 1 aromatic heterocycles. The lowest BCUT2D eigenvalue weighted by molar-refractivity contribution is 0.871. The van der Waals surface area contributed by atoms with Gasteiger partial charge in [0.1, 0.15) is 12.1 Å². The molecular formula is C15H20N4. The molecule has 3 N–H and O–H groups in total. The fourth-order valence-corrected chi connectivity index (χ4v) is 1.87. The van der Waals surface area contributed by atoms with E-state index in [2.05, 4.69) is 46.5 Å². The van der Waals surface area contributed by atoms with E-state index in [1.165, 1.54) is 5.56 Å². The van der Waals surface area contributed by atoms with Crippen molar-refractivity contribution in [2.24, 2.45) is 5.73 Å². The van der Waals surface area contributed by atoms with Crippen LogP contribution < -0.4 is 11.1 Å². The van der Waals surface area contributed by atoms with Gasteiger partial charge < -0.3 is 11.1 Å². The number of aromatic nitrogens is 2. The van der Waals surface area contributed by atoms with E-state index in [4.69, 9.17) is 5.73 Å². The van der Waals surface area contributed by atoms with Crippen LogP contribution >= 0.6 is 0 Å². The summed E-state index contributed by atoms with van der Waals surface area (Å²) in [5, 5.41) is 3.31. The summed E-state index contributed by atoms with van der Waals surface area (Å²) in [6.07, 6.45) is 3.70. The SMILES string of the molecule is CCCc1cc(NCc2ccc(CN)cc2)ncn1. The van der Waals surface area contributed by atoms with Crippen molar-refractivity contribution in [3.05, 3.63) is 53.5 Å². The maximum atomic E-state index is 5.58. The Hall–Kier alpha value is -1.94. The summed E-state index contributed by atoms with van der Waals surface area (Å²) < 4.78 is 0. The Morgan fingerprint density at radius 2 is 1.84 bits per heavy atom. The van der Waals surface area contributed by atoms with Crippen molar-refractivity contribution in [3.8, 4) is 0 Å². The van der Waals surface area contributed by atoms with Crippen LogP contribution in [0.5, 0.6) is 0 Å². The predicted molar refractivity (Wildman–Crippen MR) is 77.7 cm³/mol. The third-order valence-electron chi connectivity index (χ3n) is 2.96. The molecule has 0 amide bonds. The molecule has 4 nitrogen and oxygen atoms in total. The van der Waals surface area contributed by atoms with Gasteiger partial charge in [0.25, 0.3) is 0 Å². The average molecular weight is 256 g/mol. The van der Waals surface area contributed by atoms with Gasteiger partial charge in [-0.3, -0.25) is 0 Å². The summed E-state index contributed by atoms with van der Waals surface area (Å²) in [7, 11) is 0. The summed E-state index contributed by atoms with van der Waals surface area (Å²) in [5.41, 5.74) is 9.02. The Bertz CT molecular complexity index is 508. The molecule has 2 rings (SSSR count). The number of rotatable bonds is 6. The molecule has 0 atom stereocenters. The third kappa shape index (κ3) is 4.03. The lowest BCUT2D eigenvalue weighted by Crippen LogP contribution is -2.03. The monoisotopic (exact) mass is 256 g/mol. The number of aryl methyl sites for hydroxylation is 1. The Labute approximate surface area is 114 Å². The number of nitrogens with zero attached hydrogens (tertiary/aromatic N) is 2. The quantitative estimate of drug-likeness (QED) is 0.833. The number of nitrogens with one attached hydrogen (secondary N) is 1. The normalized spacial score (nSPS) is 10.4. The van der Waals surface area contributed by atoms with Gasteiger partial charge in [0, 0.05) is 24.8 Å². The van der Waals surface area contributed by atoms with Gasteiger partial charge in [-0.15, -0.1) is 0 Å². The van der Waals surface area contributed by atoms with E-state index in [1.54, 1.807) is 6.33 Å². The number of hydrogen-bond acceptors (Lipinski definition) is 4. The van der Waals surface area contributed by atoms with Crippen LogP contribution in [0.3, 0.4) is 0 Å². The molecule has 0 saturated heterocycles. The predicted octanol–water partition coefficient (Wildman–Crippen LogP) is 2.50. The molecule has 0 spiro atoms. The average Bonchev–Trinajstić information content (AvgIpc) is 2.46. The smallest absolute Gasteiger partial charge is 0.129 e. The van der Waals surface area contributed by atoms with E-state index in [9.17, 15) is 0 Å². The molecule has 0 bridgehead atoms. The highest BCUT2D eigenvalue weighted by atomic mass is 15.0. The van der Waals surface area contributed by atoms with E-state index in [0.29, 0.717) is 6.54 Å². The van der Waals surface area contributed by atoms with Gasteiger partial charge >= 0.3 is 0 Å². The molecule has 0 fully saturated rings. The molecule has 0 aliphatic carbocycles. The molecule has 0 aliphatic rings. The number of nitrogens with two attached hydrogens (primary N) is 1. The van der Waals surface area contributed by atoms with Gasteiger partial charge in [0.2, 0.25) is 0 Å². The van der Waals surface area contributed by atoms with Crippen molar-refractivity contribution in [2.45, 2.75) is 32.9 Å². The van der Waals surface area contributed by atoms with E-state index in [0.717, 1.165) is 36.5 Å². The van der Waals surface area contributed by atoms with Crippen LogP contribution in [0.25, 0.3) is 0 Å². The molecule has 0 radical (unpaired) electrons. The summed E-state index contributed by atoms with van der Waals surface area (Å²) in [6.45, 7) is 3.49. The molecule has 0 unspecified atom stereocenters. The van der Waals surface area contributed by atoms with Crippen LogP contribution in [-0.4, -0.2) is 9.97 Å². The minimum atomic E-state index is 0.583. The summed E-state index contributed by atoms with van der Waals surface area (Å²) >= 11 is 0. The van der Waals surface area contributed by atoms with Crippen molar-refractivity contribution >= 4 is 5.82 Å². The van der Waals surface area contributed by atoms with Crippen LogP contribution in [0.15, 0.2) is 36.7 Å². The second kappa shape index (κ2) is 6.85. The van der Waals surface area contributed by atoms with Crippen molar-refractivity contribution in [2.75, 3.05) is 5.32 Å². The molecule has 2 aromatic rings. The Balaban J connectivity index is 1.95. The van der Waals surface area contributed by atoms with Crippen LogP contribution in [0.2, 0.25) is 0 Å². The Kier molecular flexibility index (Phi) is 4.86. The molecule has 1 aromatic carbocycles. The van der Waals surface area contributed by atoms with E-state index >= 15 is 0 Å². The van der Waals surface area contributed by atoms with Crippen LogP contribution in [0, 0.1) is 0 Å². The third-order valence-corrected chi connectivity index (χ3v) is 2.96. The first-order valence-corrected chi connectivity index (χ1v) is 6.64. The maximum Gasteiger partial charge on any atom is 0.129 e. The lowest BCUT2D eigenvalue weighted by Gasteiger charge is -2.07. The van der Waals surface area contributed by atoms with E-state index < -0.39 is 0 Å². The first-order chi connectivity index (χ1) is 9.31. The van der Waals surface area contributed by atoms with Crippen LogP contribution in [0.4, 0.5) is 5.82 Å². The van der Waals surface area contributed by atoms with Gasteiger partial charge in [-0.05, 0) is 17.5 Å². The molecule has 0 saturated carbocycles. The first kappa shape index (κ1) is 13.5.